The Kier molecular flexibility index (Phi) is 9.69. The SMILES string of the molecule is NC(CC(NCNCC1CCC(F)CC1)N1CCC2(CC1)CO[C@@H](O)O2)N[C@H]1CNCCN1. The van der Waals surface area contributed by atoms with Gasteiger partial charge in [0.2, 0.25) is 0 Å². The molecule has 1 aliphatic carbocycles. The Morgan fingerprint density at radius 3 is 2.64 bits per heavy atom. The number of hydrogen-bond donors (Lipinski definition) is 7. The second-order valence-corrected chi connectivity index (χ2v) is 10.1. The van der Waals surface area contributed by atoms with E-state index >= 15 is 0 Å². The van der Waals surface area contributed by atoms with Crippen LogP contribution >= 0.6 is 0 Å². The Morgan fingerprint density at radius 1 is 1.18 bits per heavy atom. The molecule has 0 amide bonds. The van der Waals surface area contributed by atoms with Crippen molar-refractivity contribution in [3.63, 3.8) is 0 Å². The van der Waals surface area contributed by atoms with Gasteiger partial charge >= 0.3 is 0 Å². The lowest BCUT2D eigenvalue weighted by molar-refractivity contribution is -0.225. The van der Waals surface area contributed by atoms with E-state index in [4.69, 9.17) is 15.2 Å². The Morgan fingerprint density at radius 2 is 1.97 bits per heavy atom. The molecule has 2 unspecified atom stereocenters. The minimum Gasteiger partial charge on any atom is -0.346 e. The van der Waals surface area contributed by atoms with Crippen LogP contribution in [-0.2, 0) is 9.47 Å². The fourth-order valence-corrected chi connectivity index (χ4v) is 5.50. The lowest BCUT2D eigenvalue weighted by atomic mass is 9.88. The third kappa shape index (κ3) is 7.76. The van der Waals surface area contributed by atoms with Crippen molar-refractivity contribution in [3.8, 4) is 0 Å². The van der Waals surface area contributed by atoms with Crippen molar-refractivity contribution in [3.05, 3.63) is 0 Å². The number of nitrogens with one attached hydrogen (secondary N) is 5. The summed E-state index contributed by atoms with van der Waals surface area (Å²) in [5, 5.41) is 27.1. The third-order valence-electron chi connectivity index (χ3n) is 7.60. The van der Waals surface area contributed by atoms with Crippen LogP contribution in [0.15, 0.2) is 0 Å². The minimum absolute atomic E-state index is 0.114. The van der Waals surface area contributed by atoms with Gasteiger partial charge in [-0.05, 0) is 51.0 Å². The van der Waals surface area contributed by atoms with Gasteiger partial charge in [0.05, 0.1) is 30.7 Å². The molecule has 3 saturated heterocycles. The summed E-state index contributed by atoms with van der Waals surface area (Å²) < 4.78 is 24.3. The van der Waals surface area contributed by atoms with Gasteiger partial charge < -0.3 is 30.9 Å². The highest BCUT2D eigenvalue weighted by Gasteiger charge is 2.44. The number of piperidine rings is 1. The molecule has 0 bridgehead atoms. The van der Waals surface area contributed by atoms with Gasteiger partial charge in [-0.3, -0.25) is 20.9 Å². The molecule has 10 nitrogen and oxygen atoms in total. The van der Waals surface area contributed by atoms with E-state index in [-0.39, 0.29) is 24.1 Å². The van der Waals surface area contributed by atoms with E-state index in [1.165, 1.54) is 0 Å². The predicted molar refractivity (Wildman–Crippen MR) is 124 cm³/mol. The molecule has 11 heteroatoms. The number of halogens is 1. The van der Waals surface area contributed by atoms with E-state index in [1.807, 2.05) is 0 Å². The first-order chi connectivity index (χ1) is 16.0. The van der Waals surface area contributed by atoms with Crippen molar-refractivity contribution in [2.24, 2.45) is 11.7 Å². The molecular formula is C22H44FN7O3. The smallest absolute Gasteiger partial charge is 0.269 e. The van der Waals surface area contributed by atoms with Crippen molar-refractivity contribution in [2.45, 2.75) is 81.7 Å². The van der Waals surface area contributed by atoms with E-state index in [0.717, 1.165) is 71.4 Å². The molecule has 4 rings (SSSR count). The first-order valence-electron chi connectivity index (χ1n) is 12.8. The number of aliphatic hydroxyl groups excluding tert-OH is 1. The highest BCUT2D eigenvalue weighted by atomic mass is 19.1. The van der Waals surface area contributed by atoms with Gasteiger partial charge in [-0.25, -0.2) is 4.39 Å². The highest BCUT2D eigenvalue weighted by Crippen LogP contribution is 2.33. The Balaban J connectivity index is 1.25. The molecule has 3 aliphatic heterocycles. The maximum Gasteiger partial charge on any atom is 0.269 e. The lowest BCUT2D eigenvalue weighted by Crippen LogP contribution is -2.62. The molecule has 4 fully saturated rings. The fourth-order valence-electron chi connectivity index (χ4n) is 5.50. The molecule has 3 heterocycles. The number of likely N-dealkylation sites (tertiary alicyclic amines) is 1. The summed E-state index contributed by atoms with van der Waals surface area (Å²) in [5.74, 6) is 0.562. The van der Waals surface area contributed by atoms with Gasteiger partial charge in [0.25, 0.3) is 6.48 Å². The lowest BCUT2D eigenvalue weighted by Gasteiger charge is -2.42. The van der Waals surface area contributed by atoms with Crippen molar-refractivity contribution in [1.82, 2.24) is 31.5 Å². The van der Waals surface area contributed by atoms with Crippen molar-refractivity contribution in [2.75, 3.05) is 52.5 Å². The standard InChI is InChI=1S/C22H44FN7O3/c23-17-3-1-16(2-4-17)12-26-15-28-20(11-18(24)29-19-13-25-7-8-27-19)30-9-5-22(6-10-30)14-32-21(31)33-22/h16-21,25-29,31H,1-15,24H2/t16?,17?,18?,19-,20?,21+/m0/s1. The van der Waals surface area contributed by atoms with Gasteiger partial charge in [-0.2, -0.15) is 0 Å². The van der Waals surface area contributed by atoms with Crippen LogP contribution in [0, 0.1) is 5.92 Å². The van der Waals surface area contributed by atoms with Crippen LogP contribution in [0.2, 0.25) is 0 Å². The number of rotatable bonds is 10. The average Bonchev–Trinajstić information content (AvgIpc) is 3.18. The molecule has 4 atom stereocenters. The number of nitrogens with zero attached hydrogens (tertiary/aromatic N) is 1. The van der Waals surface area contributed by atoms with Crippen LogP contribution in [0.5, 0.6) is 0 Å². The quantitative estimate of drug-likeness (QED) is 0.155. The van der Waals surface area contributed by atoms with Crippen molar-refractivity contribution in [1.29, 1.82) is 0 Å². The zero-order chi connectivity index (χ0) is 23.1. The number of aliphatic hydroxyl groups is 1. The second-order valence-electron chi connectivity index (χ2n) is 10.1. The minimum atomic E-state index is -1.10. The first kappa shape index (κ1) is 25.6. The summed E-state index contributed by atoms with van der Waals surface area (Å²) in [6.45, 7) is 5.43. The molecule has 8 N–H and O–H groups in total. The summed E-state index contributed by atoms with van der Waals surface area (Å²) in [6, 6.07) is 0. The number of piperazine rings is 1. The zero-order valence-electron chi connectivity index (χ0n) is 19.7. The maximum atomic E-state index is 13.4. The van der Waals surface area contributed by atoms with Crippen LogP contribution < -0.4 is 32.3 Å². The number of hydrogen-bond acceptors (Lipinski definition) is 10. The summed E-state index contributed by atoms with van der Waals surface area (Å²) in [5.41, 5.74) is 6.13. The normalized spacial score (nSPS) is 35.0. The molecule has 1 saturated carbocycles. The van der Waals surface area contributed by atoms with Crippen LogP contribution in [0.4, 0.5) is 4.39 Å². The number of nitrogens with two attached hydrogens (primary N) is 1. The van der Waals surface area contributed by atoms with Crippen LogP contribution in [-0.4, -0.2) is 99.3 Å². The van der Waals surface area contributed by atoms with Crippen molar-refractivity contribution < 1.29 is 19.0 Å². The van der Waals surface area contributed by atoms with E-state index in [2.05, 4.69) is 31.5 Å². The largest absolute Gasteiger partial charge is 0.346 e. The predicted octanol–water partition coefficient (Wildman–Crippen LogP) is -1.08. The summed E-state index contributed by atoms with van der Waals surface area (Å²) in [7, 11) is 0. The van der Waals surface area contributed by atoms with E-state index < -0.39 is 12.6 Å². The van der Waals surface area contributed by atoms with Crippen LogP contribution in [0.1, 0.15) is 44.9 Å². The molecule has 0 aromatic heterocycles. The van der Waals surface area contributed by atoms with Gasteiger partial charge in [-0.15, -0.1) is 0 Å². The molecule has 0 radical (unpaired) electrons. The number of alkyl halides is 1. The molecule has 192 valence electrons. The second kappa shape index (κ2) is 12.5. The molecule has 1 spiro atoms. The third-order valence-corrected chi connectivity index (χ3v) is 7.60. The first-order valence-corrected chi connectivity index (χ1v) is 12.8. The van der Waals surface area contributed by atoms with E-state index in [9.17, 15) is 9.50 Å². The fraction of sp³-hybridized carbons (Fsp3) is 1.00. The van der Waals surface area contributed by atoms with Crippen LogP contribution in [0.3, 0.4) is 0 Å². The van der Waals surface area contributed by atoms with Gasteiger partial charge in [0.15, 0.2) is 0 Å². The van der Waals surface area contributed by atoms with Crippen LogP contribution in [0.25, 0.3) is 0 Å². The molecule has 33 heavy (non-hydrogen) atoms. The maximum absolute atomic E-state index is 13.4. The molecule has 0 aromatic rings. The Hall–Kier alpha value is -0.470. The molecular weight excluding hydrogens is 429 g/mol. The van der Waals surface area contributed by atoms with Crippen molar-refractivity contribution >= 4 is 0 Å². The molecule has 4 aliphatic rings. The summed E-state index contributed by atoms with van der Waals surface area (Å²) >= 11 is 0. The van der Waals surface area contributed by atoms with Gasteiger partial charge in [0.1, 0.15) is 6.17 Å². The zero-order valence-corrected chi connectivity index (χ0v) is 19.7. The topological polar surface area (TPSA) is 128 Å². The Labute approximate surface area is 196 Å². The van der Waals surface area contributed by atoms with E-state index in [1.54, 1.807) is 0 Å². The van der Waals surface area contributed by atoms with Gasteiger partial charge in [-0.1, -0.05) is 0 Å². The summed E-state index contributed by atoms with van der Waals surface area (Å²) in [4.78, 5) is 2.42. The highest BCUT2D eigenvalue weighted by molar-refractivity contribution is 4.92. The molecule has 0 aromatic carbocycles. The summed E-state index contributed by atoms with van der Waals surface area (Å²) in [6.07, 6.45) is 5.26. The monoisotopic (exact) mass is 473 g/mol. The van der Waals surface area contributed by atoms with Gasteiger partial charge in [0, 0.05) is 45.8 Å². The van der Waals surface area contributed by atoms with E-state index in [0.29, 0.717) is 32.0 Å². The Bertz CT molecular complexity index is 570. The number of ether oxygens (including phenoxy) is 2. The average molecular weight is 474 g/mol.